The van der Waals surface area contributed by atoms with Gasteiger partial charge in [0.1, 0.15) is 21.8 Å². The van der Waals surface area contributed by atoms with E-state index in [2.05, 4.69) is 52.7 Å². The van der Waals surface area contributed by atoms with Gasteiger partial charge in [0.2, 0.25) is 0 Å². The zero-order chi connectivity index (χ0) is 26.1. The number of carbonyl (C=O) groups is 1. The fourth-order valence-electron chi connectivity index (χ4n) is 5.15. The first-order chi connectivity index (χ1) is 17.8. The van der Waals surface area contributed by atoms with Crippen LogP contribution in [0.1, 0.15) is 49.4 Å². The number of fused-ring (bicyclic) bond motifs is 1. The van der Waals surface area contributed by atoms with Crippen LogP contribution in [0.5, 0.6) is 5.75 Å². The van der Waals surface area contributed by atoms with E-state index >= 15 is 0 Å². The molecule has 0 bridgehead atoms. The van der Waals surface area contributed by atoms with E-state index in [9.17, 15) is 10.1 Å². The van der Waals surface area contributed by atoms with E-state index in [-0.39, 0.29) is 18.2 Å². The second-order valence-corrected chi connectivity index (χ2v) is 11.1. The van der Waals surface area contributed by atoms with Crippen LogP contribution < -0.4 is 10.1 Å². The quantitative estimate of drug-likeness (QED) is 0.503. The van der Waals surface area contributed by atoms with Gasteiger partial charge in [-0.15, -0.1) is 10.2 Å². The van der Waals surface area contributed by atoms with Crippen molar-refractivity contribution in [1.29, 1.82) is 5.26 Å². The number of nitrogens with one attached hydrogen (secondary N) is 1. The number of likely N-dealkylation sites (tertiary alicyclic amines) is 1. The molecule has 3 aromatic rings. The van der Waals surface area contributed by atoms with Crippen LogP contribution in [0.4, 0.5) is 4.79 Å². The molecule has 8 nitrogen and oxygen atoms in total. The van der Waals surface area contributed by atoms with Gasteiger partial charge >= 0.3 is 6.03 Å². The summed E-state index contributed by atoms with van der Waals surface area (Å²) < 4.78 is 5.75. The van der Waals surface area contributed by atoms with E-state index < -0.39 is 0 Å². The second kappa shape index (κ2) is 10.5. The maximum absolute atomic E-state index is 13.0. The molecule has 1 N–H and O–H groups in total. The molecule has 192 valence electrons. The van der Waals surface area contributed by atoms with Gasteiger partial charge < -0.3 is 19.9 Å². The number of amides is 2. The average molecular weight is 517 g/mol. The summed E-state index contributed by atoms with van der Waals surface area (Å²) in [5, 5.41) is 23.4. The van der Waals surface area contributed by atoms with E-state index in [0.29, 0.717) is 17.4 Å². The normalized spacial score (nSPS) is 18.8. The van der Waals surface area contributed by atoms with Crippen LogP contribution in [-0.4, -0.2) is 65.4 Å². The average Bonchev–Trinajstić information content (AvgIpc) is 3.64. The monoisotopic (exact) mass is 516 g/mol. The third-order valence-corrected chi connectivity index (χ3v) is 8.12. The Bertz CT molecular complexity index is 1340. The summed E-state index contributed by atoms with van der Waals surface area (Å²) in [6.45, 7) is 5.44. The Morgan fingerprint density at radius 3 is 2.76 bits per heavy atom. The number of hydrogen-bond donors (Lipinski definition) is 1. The molecule has 2 heterocycles. The molecule has 2 aliphatic rings. The van der Waals surface area contributed by atoms with Crippen LogP contribution in [0.3, 0.4) is 0 Å². The summed E-state index contributed by atoms with van der Waals surface area (Å²) in [5.74, 6) is 0.575. The number of nitrogens with zero attached hydrogens (tertiary/aromatic N) is 5. The second-order valence-electron chi connectivity index (χ2n) is 10.2. The van der Waals surface area contributed by atoms with Gasteiger partial charge in [0.15, 0.2) is 0 Å². The number of urea groups is 1. The van der Waals surface area contributed by atoms with Gasteiger partial charge in [0.25, 0.3) is 0 Å². The molecule has 1 aromatic heterocycles. The van der Waals surface area contributed by atoms with E-state index in [1.165, 1.54) is 16.9 Å². The molecule has 0 saturated carbocycles. The van der Waals surface area contributed by atoms with Gasteiger partial charge in [0, 0.05) is 30.3 Å². The molecule has 1 aliphatic heterocycles. The van der Waals surface area contributed by atoms with Crippen LogP contribution in [0.15, 0.2) is 36.4 Å². The third kappa shape index (κ3) is 5.17. The predicted molar refractivity (Wildman–Crippen MR) is 145 cm³/mol. The zero-order valence-corrected chi connectivity index (χ0v) is 22.5. The van der Waals surface area contributed by atoms with Crippen molar-refractivity contribution in [2.75, 3.05) is 27.2 Å². The number of aromatic nitrogens is 2. The SMILES string of the molecule is CC(C)Oc1ccc(-c2nnc(-c3cccc4c3CC[C@H]4NC(=O)N3CC[C@@H](N(C)C)C3)s2)cc1C#N. The van der Waals surface area contributed by atoms with Gasteiger partial charge in [-0.1, -0.05) is 29.5 Å². The van der Waals surface area contributed by atoms with Crippen LogP contribution in [0, 0.1) is 11.3 Å². The molecule has 1 aliphatic carbocycles. The van der Waals surface area contributed by atoms with Crippen molar-refractivity contribution in [3.8, 4) is 33.0 Å². The van der Waals surface area contributed by atoms with Gasteiger partial charge in [0.05, 0.1) is 17.7 Å². The number of ether oxygens (including phenoxy) is 1. The smallest absolute Gasteiger partial charge is 0.317 e. The topological polar surface area (TPSA) is 94.4 Å². The number of likely N-dealkylation sites (N-methyl/N-ethyl adjacent to an activating group) is 1. The first-order valence-electron chi connectivity index (χ1n) is 12.7. The van der Waals surface area contributed by atoms with Crippen molar-refractivity contribution in [2.45, 2.75) is 51.3 Å². The standard InChI is InChI=1S/C28H32N6O2S/c1-17(2)36-25-11-8-18(14-19(25)15-29)26-31-32-27(37-26)23-7-5-6-22-21(23)9-10-24(22)30-28(35)34-13-12-20(16-34)33(3)4/h5-8,11,14,17,20,24H,9-10,12-13,16H2,1-4H3,(H,30,35)/t20-,24-/m1/s1. The van der Waals surface area contributed by atoms with Crippen molar-refractivity contribution in [3.63, 3.8) is 0 Å². The zero-order valence-electron chi connectivity index (χ0n) is 21.7. The predicted octanol–water partition coefficient (Wildman–Crippen LogP) is 4.86. The Kier molecular flexibility index (Phi) is 7.13. The third-order valence-electron chi connectivity index (χ3n) is 7.11. The summed E-state index contributed by atoms with van der Waals surface area (Å²) >= 11 is 1.51. The lowest BCUT2D eigenvalue weighted by Gasteiger charge is -2.23. The van der Waals surface area contributed by atoms with Crippen LogP contribution in [0.25, 0.3) is 21.1 Å². The van der Waals surface area contributed by atoms with Crippen molar-refractivity contribution < 1.29 is 9.53 Å². The fourth-order valence-corrected chi connectivity index (χ4v) is 6.04. The van der Waals surface area contributed by atoms with Crippen molar-refractivity contribution >= 4 is 17.4 Å². The summed E-state index contributed by atoms with van der Waals surface area (Å²) in [6, 6.07) is 14.4. The van der Waals surface area contributed by atoms with Gasteiger partial charge in [-0.3, -0.25) is 0 Å². The van der Waals surface area contributed by atoms with Gasteiger partial charge in [-0.05, 0) is 76.5 Å². The fraction of sp³-hybridized carbons (Fsp3) is 0.429. The van der Waals surface area contributed by atoms with Crippen molar-refractivity contribution in [2.24, 2.45) is 0 Å². The lowest BCUT2D eigenvalue weighted by Crippen LogP contribution is -2.41. The highest BCUT2D eigenvalue weighted by molar-refractivity contribution is 7.17. The summed E-state index contributed by atoms with van der Waals surface area (Å²) in [4.78, 5) is 17.1. The number of nitriles is 1. The Hall–Kier alpha value is -3.48. The molecule has 2 amide bonds. The van der Waals surface area contributed by atoms with Gasteiger partial charge in [-0.2, -0.15) is 5.26 Å². The highest BCUT2D eigenvalue weighted by Gasteiger charge is 2.32. The first kappa shape index (κ1) is 25.2. The maximum atomic E-state index is 13.0. The van der Waals surface area contributed by atoms with Crippen LogP contribution in [0.2, 0.25) is 0 Å². The molecule has 5 rings (SSSR count). The van der Waals surface area contributed by atoms with Gasteiger partial charge in [-0.25, -0.2) is 4.79 Å². The minimum absolute atomic E-state index is 0.0000589. The Balaban J connectivity index is 1.34. The largest absolute Gasteiger partial charge is 0.490 e. The molecule has 2 atom stereocenters. The van der Waals surface area contributed by atoms with Crippen LogP contribution >= 0.6 is 11.3 Å². The maximum Gasteiger partial charge on any atom is 0.317 e. The molecule has 0 spiro atoms. The molecule has 0 radical (unpaired) electrons. The molecule has 2 aromatic carbocycles. The molecule has 1 saturated heterocycles. The van der Waals surface area contributed by atoms with E-state index in [1.807, 2.05) is 43.0 Å². The Morgan fingerprint density at radius 1 is 1.22 bits per heavy atom. The highest BCUT2D eigenvalue weighted by Crippen LogP contribution is 2.40. The minimum Gasteiger partial charge on any atom is -0.490 e. The Labute approximate surface area is 221 Å². The lowest BCUT2D eigenvalue weighted by atomic mass is 10.0. The molecule has 0 unspecified atom stereocenters. The first-order valence-corrected chi connectivity index (χ1v) is 13.5. The Morgan fingerprint density at radius 2 is 2.03 bits per heavy atom. The van der Waals surface area contributed by atoms with E-state index in [4.69, 9.17) is 4.74 Å². The van der Waals surface area contributed by atoms with Crippen molar-refractivity contribution in [3.05, 3.63) is 53.1 Å². The number of benzene rings is 2. The molecule has 1 fully saturated rings. The molecule has 37 heavy (non-hydrogen) atoms. The highest BCUT2D eigenvalue weighted by atomic mass is 32.1. The van der Waals surface area contributed by atoms with Crippen LogP contribution in [-0.2, 0) is 6.42 Å². The summed E-state index contributed by atoms with van der Waals surface area (Å²) in [5.41, 5.74) is 4.77. The lowest BCUT2D eigenvalue weighted by molar-refractivity contribution is 0.199. The molecule has 9 heteroatoms. The number of rotatable bonds is 6. The molecular formula is C28H32N6O2S. The number of carbonyl (C=O) groups excluding carboxylic acids is 1. The summed E-state index contributed by atoms with van der Waals surface area (Å²) in [6.07, 6.45) is 2.75. The summed E-state index contributed by atoms with van der Waals surface area (Å²) in [7, 11) is 4.14. The molecular weight excluding hydrogens is 484 g/mol. The minimum atomic E-state index is -0.00909. The van der Waals surface area contributed by atoms with Crippen molar-refractivity contribution in [1.82, 2.24) is 25.3 Å². The number of hydrogen-bond acceptors (Lipinski definition) is 7. The van der Waals surface area contributed by atoms with E-state index in [1.54, 1.807) is 0 Å². The van der Waals surface area contributed by atoms with E-state index in [0.717, 1.165) is 59.1 Å².